The third-order valence-electron chi connectivity index (χ3n) is 7.77. The van der Waals surface area contributed by atoms with Crippen LogP contribution in [0.1, 0.15) is 61.8 Å². The molecule has 1 N–H and O–H groups in total. The van der Waals surface area contributed by atoms with Crippen LogP contribution in [0.25, 0.3) is 10.9 Å². The van der Waals surface area contributed by atoms with Gasteiger partial charge in [-0.3, -0.25) is 14.3 Å². The quantitative estimate of drug-likeness (QED) is 0.468. The van der Waals surface area contributed by atoms with Gasteiger partial charge in [-0.05, 0) is 43.9 Å². The maximum Gasteiger partial charge on any atom is 0.274 e. The molecular formula is C29H31N5O2. The standard InChI is InChI=1S/C29H31N5O2/c1-19-20(2)30-26-22(19)11-8-12-23(26)28(35)33-16-13-25-24(18-33)27(29(36)32-14-6-7-15-32)31-34(25)17-21-9-4-3-5-10-21/h3-5,8-12,30H,6-7,13-18H2,1-2H3. The third kappa shape index (κ3) is 3.79. The Morgan fingerprint density at radius 1 is 0.917 bits per heavy atom. The predicted molar refractivity (Wildman–Crippen MR) is 139 cm³/mol. The van der Waals surface area contributed by atoms with Gasteiger partial charge in [0.1, 0.15) is 0 Å². The molecule has 184 valence electrons. The van der Waals surface area contributed by atoms with E-state index in [-0.39, 0.29) is 11.8 Å². The van der Waals surface area contributed by atoms with Crippen molar-refractivity contribution in [2.75, 3.05) is 19.6 Å². The van der Waals surface area contributed by atoms with E-state index >= 15 is 0 Å². The van der Waals surface area contributed by atoms with Gasteiger partial charge >= 0.3 is 0 Å². The average Bonchev–Trinajstić information content (AvgIpc) is 3.63. The van der Waals surface area contributed by atoms with Gasteiger partial charge in [-0.2, -0.15) is 5.10 Å². The molecule has 2 amide bonds. The first-order valence-corrected chi connectivity index (χ1v) is 12.8. The molecule has 7 nitrogen and oxygen atoms in total. The number of carbonyl (C=O) groups is 2. The van der Waals surface area contributed by atoms with E-state index < -0.39 is 0 Å². The zero-order chi connectivity index (χ0) is 24.8. The lowest BCUT2D eigenvalue weighted by molar-refractivity contribution is 0.0724. The van der Waals surface area contributed by atoms with Crippen molar-refractivity contribution < 1.29 is 9.59 Å². The molecule has 2 aromatic heterocycles. The highest BCUT2D eigenvalue weighted by molar-refractivity contribution is 6.07. The molecule has 0 atom stereocenters. The van der Waals surface area contributed by atoms with Crippen LogP contribution >= 0.6 is 0 Å². The maximum absolute atomic E-state index is 13.8. The smallest absolute Gasteiger partial charge is 0.274 e. The second-order valence-electron chi connectivity index (χ2n) is 10.00. The summed E-state index contributed by atoms with van der Waals surface area (Å²) in [6.45, 7) is 7.27. The van der Waals surface area contributed by atoms with Crippen molar-refractivity contribution >= 4 is 22.7 Å². The van der Waals surface area contributed by atoms with Crippen molar-refractivity contribution in [1.82, 2.24) is 24.6 Å². The van der Waals surface area contributed by atoms with Crippen LogP contribution in [0.3, 0.4) is 0 Å². The first-order chi connectivity index (χ1) is 17.5. The molecule has 2 aliphatic heterocycles. The number of rotatable bonds is 4. The SMILES string of the molecule is Cc1[nH]c2c(C(=O)N3CCc4c(c(C(=O)N5CCCC5)nn4Cc4ccccc4)C3)cccc2c1C. The molecule has 0 radical (unpaired) electrons. The van der Waals surface area contributed by atoms with Crippen LogP contribution in [0.4, 0.5) is 0 Å². The Labute approximate surface area is 210 Å². The molecule has 7 heteroatoms. The van der Waals surface area contributed by atoms with Crippen molar-refractivity contribution in [1.29, 1.82) is 0 Å². The molecule has 0 bridgehead atoms. The van der Waals surface area contributed by atoms with Crippen molar-refractivity contribution in [3.8, 4) is 0 Å². The van der Waals surface area contributed by atoms with Gasteiger partial charge in [0.15, 0.2) is 5.69 Å². The fraction of sp³-hybridized carbons (Fsp3) is 0.345. The average molecular weight is 482 g/mol. The Balaban J connectivity index is 1.36. The number of nitrogens with zero attached hydrogens (tertiary/aromatic N) is 4. The Hall–Kier alpha value is -3.87. The van der Waals surface area contributed by atoms with Gasteiger partial charge in [0, 0.05) is 48.4 Å². The lowest BCUT2D eigenvalue weighted by atomic mass is 10.0. The Kier molecular flexibility index (Phi) is 5.63. The van der Waals surface area contributed by atoms with Crippen LogP contribution in [-0.4, -0.2) is 56.0 Å². The Morgan fingerprint density at radius 2 is 1.69 bits per heavy atom. The summed E-state index contributed by atoms with van der Waals surface area (Å²) in [7, 11) is 0. The molecule has 4 aromatic rings. The second-order valence-corrected chi connectivity index (χ2v) is 10.00. The Bertz CT molecular complexity index is 1460. The van der Waals surface area contributed by atoms with Gasteiger partial charge in [0.05, 0.1) is 24.2 Å². The number of aromatic amines is 1. The number of nitrogens with one attached hydrogen (secondary N) is 1. The van der Waals surface area contributed by atoms with Gasteiger partial charge < -0.3 is 14.8 Å². The number of likely N-dealkylation sites (tertiary alicyclic amines) is 1. The van der Waals surface area contributed by atoms with Gasteiger partial charge in [-0.1, -0.05) is 42.5 Å². The van der Waals surface area contributed by atoms with Crippen LogP contribution < -0.4 is 0 Å². The topological polar surface area (TPSA) is 74.2 Å². The number of carbonyl (C=O) groups excluding carboxylic acids is 2. The zero-order valence-corrected chi connectivity index (χ0v) is 20.9. The molecular weight excluding hydrogens is 450 g/mol. The summed E-state index contributed by atoms with van der Waals surface area (Å²) in [5.74, 6) is -0.0227. The lowest BCUT2D eigenvalue weighted by Gasteiger charge is -2.28. The molecule has 0 unspecified atom stereocenters. The van der Waals surface area contributed by atoms with E-state index in [0.29, 0.717) is 37.3 Å². The number of para-hydroxylation sites is 1. The van der Waals surface area contributed by atoms with Crippen molar-refractivity contribution in [3.05, 3.63) is 87.9 Å². The van der Waals surface area contributed by atoms with E-state index in [0.717, 1.165) is 59.3 Å². The van der Waals surface area contributed by atoms with Gasteiger partial charge in [-0.25, -0.2) is 0 Å². The van der Waals surface area contributed by atoms with Gasteiger partial charge in [0.25, 0.3) is 11.8 Å². The highest BCUT2D eigenvalue weighted by Crippen LogP contribution is 2.29. The van der Waals surface area contributed by atoms with Gasteiger partial charge in [-0.15, -0.1) is 0 Å². The maximum atomic E-state index is 13.8. The van der Waals surface area contributed by atoms with E-state index in [1.165, 1.54) is 5.56 Å². The van der Waals surface area contributed by atoms with Crippen LogP contribution in [0.5, 0.6) is 0 Å². The Morgan fingerprint density at radius 3 is 2.47 bits per heavy atom. The molecule has 2 aliphatic rings. The molecule has 6 rings (SSSR count). The number of aromatic nitrogens is 3. The van der Waals surface area contributed by atoms with Crippen molar-refractivity contribution in [2.24, 2.45) is 0 Å². The number of fused-ring (bicyclic) bond motifs is 2. The summed E-state index contributed by atoms with van der Waals surface area (Å²) in [6.07, 6.45) is 2.73. The summed E-state index contributed by atoms with van der Waals surface area (Å²) in [5.41, 5.74) is 7.42. The van der Waals surface area contributed by atoms with Crippen molar-refractivity contribution in [3.63, 3.8) is 0 Å². The minimum atomic E-state index is -0.0115. The van der Waals surface area contributed by atoms with E-state index in [2.05, 4.69) is 30.1 Å². The number of aryl methyl sites for hydroxylation is 2. The van der Waals surface area contributed by atoms with Crippen LogP contribution in [-0.2, 0) is 19.5 Å². The normalized spacial score (nSPS) is 15.5. The molecule has 0 aliphatic carbocycles. The largest absolute Gasteiger partial charge is 0.358 e. The van der Waals surface area contributed by atoms with Gasteiger partial charge in [0.2, 0.25) is 0 Å². The third-order valence-corrected chi connectivity index (χ3v) is 7.77. The summed E-state index contributed by atoms with van der Waals surface area (Å²) in [5, 5.41) is 5.92. The summed E-state index contributed by atoms with van der Waals surface area (Å²) >= 11 is 0. The van der Waals surface area contributed by atoms with E-state index in [9.17, 15) is 9.59 Å². The second kappa shape index (κ2) is 8.97. The number of hydrogen-bond donors (Lipinski definition) is 1. The fourth-order valence-electron chi connectivity index (χ4n) is 5.62. The molecule has 1 fully saturated rings. The number of amides is 2. The first kappa shape index (κ1) is 22.6. The molecule has 0 spiro atoms. The number of hydrogen-bond acceptors (Lipinski definition) is 3. The summed E-state index contributed by atoms with van der Waals surface area (Å²) in [4.78, 5) is 34.4. The van der Waals surface area contributed by atoms with Crippen LogP contribution in [0.15, 0.2) is 48.5 Å². The highest BCUT2D eigenvalue weighted by Gasteiger charge is 2.33. The van der Waals surface area contributed by atoms with E-state index in [1.54, 1.807) is 0 Å². The van der Waals surface area contributed by atoms with Crippen LogP contribution in [0.2, 0.25) is 0 Å². The molecule has 2 aromatic carbocycles. The number of benzene rings is 2. The molecule has 1 saturated heterocycles. The van der Waals surface area contributed by atoms with Crippen LogP contribution in [0, 0.1) is 13.8 Å². The van der Waals surface area contributed by atoms with Crippen molar-refractivity contribution in [2.45, 2.75) is 46.2 Å². The molecule has 36 heavy (non-hydrogen) atoms. The molecule has 0 saturated carbocycles. The molecule has 4 heterocycles. The lowest BCUT2D eigenvalue weighted by Crippen LogP contribution is -2.37. The number of H-pyrrole nitrogens is 1. The highest BCUT2D eigenvalue weighted by atomic mass is 16.2. The minimum Gasteiger partial charge on any atom is -0.358 e. The monoisotopic (exact) mass is 481 g/mol. The summed E-state index contributed by atoms with van der Waals surface area (Å²) in [6, 6.07) is 16.1. The minimum absolute atomic E-state index is 0.0112. The fourth-order valence-corrected chi connectivity index (χ4v) is 5.62. The van der Waals surface area contributed by atoms with E-state index in [1.807, 2.05) is 51.7 Å². The first-order valence-electron chi connectivity index (χ1n) is 12.8. The van der Waals surface area contributed by atoms with E-state index in [4.69, 9.17) is 5.10 Å². The zero-order valence-electron chi connectivity index (χ0n) is 20.9. The predicted octanol–water partition coefficient (Wildman–Crippen LogP) is 4.46. The summed E-state index contributed by atoms with van der Waals surface area (Å²) < 4.78 is 1.98.